The van der Waals surface area contributed by atoms with Crippen LogP contribution < -0.4 is 0 Å². The van der Waals surface area contributed by atoms with Gasteiger partial charge in [0.05, 0.1) is 28.0 Å². The first kappa shape index (κ1) is 34.2. The third kappa shape index (κ3) is 8.55. The summed E-state index contributed by atoms with van der Waals surface area (Å²) in [6.45, 7) is 11.5. The molecule has 4 heteroatoms. The van der Waals surface area contributed by atoms with E-state index in [0.717, 1.165) is 67.6 Å². The summed E-state index contributed by atoms with van der Waals surface area (Å²) < 4.78 is 76.1. The van der Waals surface area contributed by atoms with Crippen LogP contribution in [-0.2, 0) is 21.7 Å². The molecular formula is C60H65N3O. The Morgan fingerprint density at radius 3 is 1.94 bits per heavy atom. The minimum absolute atomic E-state index is 0.0859. The van der Waals surface area contributed by atoms with Gasteiger partial charge in [0.2, 0.25) is 0 Å². The molecule has 0 radical (unpaired) electrons. The van der Waals surface area contributed by atoms with Gasteiger partial charge in [-0.3, -0.25) is 9.55 Å². The van der Waals surface area contributed by atoms with E-state index in [-0.39, 0.29) is 27.6 Å². The summed E-state index contributed by atoms with van der Waals surface area (Å²) >= 11 is 0. The van der Waals surface area contributed by atoms with Crippen LogP contribution in [0.25, 0.3) is 72.7 Å². The minimum Gasteiger partial charge on any atom is -0.507 e. The summed E-state index contributed by atoms with van der Waals surface area (Å²) in [4.78, 5) is 10.4. The number of hydrogen-bond acceptors (Lipinski definition) is 3. The number of para-hydroxylation sites is 1. The molecule has 0 aliphatic rings. The van der Waals surface area contributed by atoms with Gasteiger partial charge in [-0.25, -0.2) is 4.98 Å². The SMILES string of the molecule is [2H]C([2H])([2H])C(c1ccc(-c2ccnc(-c3cc(-c4cccc5c4nc(-c4cc(C)cc(C(C)(C)C)c4O)n5-c4ccc(C(C)(C)CC)cc4-c4ccccc4)cc(C(C)(C)C)c3)c2)cc1)(C([2H])([2H])[2H])C([2H])([2H])[2H]. The Hall–Kier alpha value is -6.26. The lowest BCUT2D eigenvalue weighted by Gasteiger charge is -2.26. The van der Waals surface area contributed by atoms with Gasteiger partial charge in [-0.15, -0.1) is 0 Å². The molecule has 0 bridgehead atoms. The first-order valence-corrected chi connectivity index (χ1v) is 22.2. The molecule has 64 heavy (non-hydrogen) atoms. The summed E-state index contributed by atoms with van der Waals surface area (Å²) in [7, 11) is 0. The summed E-state index contributed by atoms with van der Waals surface area (Å²) in [5, 5.41) is 12.4. The number of aromatic nitrogens is 3. The van der Waals surface area contributed by atoms with Crippen molar-refractivity contribution in [2.24, 2.45) is 0 Å². The molecule has 6 aromatic carbocycles. The molecule has 2 aromatic heterocycles. The van der Waals surface area contributed by atoms with Crippen LogP contribution in [0.4, 0.5) is 0 Å². The highest BCUT2D eigenvalue weighted by molar-refractivity contribution is 5.98. The maximum absolute atomic E-state index is 12.4. The zero-order chi connectivity index (χ0) is 53.4. The van der Waals surface area contributed by atoms with E-state index in [1.54, 1.807) is 24.4 Å². The molecule has 0 unspecified atom stereocenters. The molecule has 4 nitrogen and oxygen atoms in total. The standard InChI is InChI=1S/C60H65N3O/c1-14-60(12,13)45-27-28-52(48(37-45)40-19-16-15-17-20-40)63-53-22-18-21-47(54(53)62-56(63)49-31-38(2)32-50(55(49)64)59(9,10)11)42-33-43(35-46(34-42)58(6,7)8)51-36-41(29-30-61-51)39-23-25-44(26-24-39)57(3,4)5/h15-37,64H,14H2,1-13H3/i3D3,4D3,5D3. The maximum atomic E-state index is 12.4. The highest BCUT2D eigenvalue weighted by Gasteiger charge is 2.28. The van der Waals surface area contributed by atoms with Crippen molar-refractivity contribution >= 4 is 11.0 Å². The number of pyridine rings is 1. The number of fused-ring (bicyclic) bond motifs is 1. The van der Waals surface area contributed by atoms with E-state index in [2.05, 4.69) is 159 Å². The lowest BCUT2D eigenvalue weighted by Crippen LogP contribution is -2.16. The third-order valence-corrected chi connectivity index (χ3v) is 12.8. The van der Waals surface area contributed by atoms with Gasteiger partial charge in [0.15, 0.2) is 0 Å². The van der Waals surface area contributed by atoms with Crippen molar-refractivity contribution in [3.8, 4) is 67.5 Å². The fourth-order valence-corrected chi connectivity index (χ4v) is 8.53. The van der Waals surface area contributed by atoms with Gasteiger partial charge in [0.25, 0.3) is 0 Å². The molecule has 0 spiro atoms. The predicted molar refractivity (Wildman–Crippen MR) is 272 cm³/mol. The van der Waals surface area contributed by atoms with E-state index in [1.807, 2.05) is 18.2 Å². The van der Waals surface area contributed by atoms with Crippen molar-refractivity contribution < 1.29 is 17.4 Å². The van der Waals surface area contributed by atoms with Crippen LogP contribution in [0.5, 0.6) is 5.75 Å². The topological polar surface area (TPSA) is 50.9 Å². The smallest absolute Gasteiger partial charge is 0.149 e. The average molecular weight is 853 g/mol. The fraction of sp³-hybridized carbons (Fsp3) is 0.300. The van der Waals surface area contributed by atoms with Crippen molar-refractivity contribution in [2.75, 3.05) is 0 Å². The number of phenols is 1. The highest BCUT2D eigenvalue weighted by Crippen LogP contribution is 2.45. The average Bonchev–Trinajstić information content (AvgIpc) is 3.70. The van der Waals surface area contributed by atoms with Gasteiger partial charge in [0, 0.05) is 40.8 Å². The van der Waals surface area contributed by atoms with Crippen LogP contribution in [0.2, 0.25) is 0 Å². The molecule has 0 amide bonds. The van der Waals surface area contributed by atoms with E-state index < -0.39 is 26.0 Å². The summed E-state index contributed by atoms with van der Waals surface area (Å²) in [5.41, 5.74) is 9.78. The molecule has 326 valence electrons. The summed E-state index contributed by atoms with van der Waals surface area (Å²) in [6, 6.07) is 43.3. The van der Waals surface area contributed by atoms with E-state index >= 15 is 0 Å². The molecule has 0 atom stereocenters. The predicted octanol–water partition coefficient (Wildman–Crippen LogP) is 16.3. The van der Waals surface area contributed by atoms with Gasteiger partial charge in [-0.2, -0.15) is 0 Å². The lowest BCUT2D eigenvalue weighted by molar-refractivity contribution is 0.448. The zero-order valence-corrected chi connectivity index (χ0v) is 38.8. The van der Waals surface area contributed by atoms with Gasteiger partial charge in [-0.1, -0.05) is 168 Å². The Labute approximate surface area is 394 Å². The number of nitrogens with zero attached hydrogens (tertiary/aromatic N) is 3. The number of imidazole rings is 1. The fourth-order valence-electron chi connectivity index (χ4n) is 8.53. The molecule has 8 rings (SSSR count). The van der Waals surface area contributed by atoms with Gasteiger partial charge >= 0.3 is 0 Å². The number of hydrogen-bond donors (Lipinski definition) is 1. The molecule has 2 heterocycles. The van der Waals surface area contributed by atoms with Crippen LogP contribution in [0.15, 0.2) is 140 Å². The molecule has 1 N–H and O–H groups in total. The van der Waals surface area contributed by atoms with Crippen molar-refractivity contribution in [1.82, 2.24) is 14.5 Å². The van der Waals surface area contributed by atoms with E-state index in [1.165, 1.54) is 17.7 Å². The van der Waals surface area contributed by atoms with E-state index in [0.29, 0.717) is 28.2 Å². The number of benzene rings is 6. The van der Waals surface area contributed by atoms with Crippen LogP contribution in [0, 0.1) is 6.92 Å². The van der Waals surface area contributed by atoms with Crippen LogP contribution >= 0.6 is 0 Å². The number of aromatic hydroxyl groups is 1. The van der Waals surface area contributed by atoms with Crippen molar-refractivity contribution in [3.05, 3.63) is 167 Å². The highest BCUT2D eigenvalue weighted by atomic mass is 16.3. The van der Waals surface area contributed by atoms with Crippen molar-refractivity contribution in [2.45, 2.75) is 118 Å². The zero-order valence-electron chi connectivity index (χ0n) is 47.8. The molecule has 0 saturated heterocycles. The monoisotopic (exact) mass is 853 g/mol. The Kier molecular flexibility index (Phi) is 8.75. The minimum atomic E-state index is -3.37. The largest absolute Gasteiger partial charge is 0.507 e. The van der Waals surface area contributed by atoms with Gasteiger partial charge < -0.3 is 5.11 Å². The van der Waals surface area contributed by atoms with Gasteiger partial charge in [-0.05, 0) is 128 Å². The van der Waals surface area contributed by atoms with Crippen molar-refractivity contribution in [3.63, 3.8) is 0 Å². The number of rotatable bonds is 8. The van der Waals surface area contributed by atoms with E-state index in [4.69, 9.17) is 22.3 Å². The first-order valence-electron chi connectivity index (χ1n) is 26.7. The second kappa shape index (κ2) is 16.4. The second-order valence-electron chi connectivity index (χ2n) is 20.0. The van der Waals surface area contributed by atoms with Crippen LogP contribution in [-0.4, -0.2) is 19.6 Å². The molecule has 8 aromatic rings. The first-order chi connectivity index (χ1) is 33.9. The van der Waals surface area contributed by atoms with Gasteiger partial charge in [0.1, 0.15) is 11.6 Å². The van der Waals surface area contributed by atoms with Crippen LogP contribution in [0.1, 0.15) is 129 Å². The number of aryl methyl sites for hydroxylation is 1. The Bertz CT molecular complexity index is 3310. The van der Waals surface area contributed by atoms with E-state index in [9.17, 15) is 5.11 Å². The quantitative estimate of drug-likeness (QED) is 0.166. The molecule has 0 aliphatic heterocycles. The normalized spacial score (nSPS) is 15.2. The summed E-state index contributed by atoms with van der Waals surface area (Å²) in [5.74, 6) is 0.792. The third-order valence-electron chi connectivity index (χ3n) is 12.8. The maximum Gasteiger partial charge on any atom is 0.149 e. The van der Waals surface area contributed by atoms with Crippen molar-refractivity contribution in [1.29, 1.82) is 0 Å². The summed E-state index contributed by atoms with van der Waals surface area (Å²) in [6.07, 6.45) is 2.64. The number of phenolic OH excluding ortho intramolecular Hbond substituents is 1. The Morgan fingerprint density at radius 2 is 1.27 bits per heavy atom. The molecule has 0 saturated carbocycles. The Morgan fingerprint density at radius 1 is 0.562 bits per heavy atom. The lowest BCUT2D eigenvalue weighted by atomic mass is 9.81. The molecule has 0 fully saturated rings. The molecule has 0 aliphatic carbocycles. The van der Waals surface area contributed by atoms with Crippen LogP contribution in [0.3, 0.4) is 0 Å². The second-order valence-corrected chi connectivity index (χ2v) is 20.0. The molecular weight excluding hydrogens is 779 g/mol. The Balaban J connectivity index is 1.36.